The minimum absolute atomic E-state index is 0.0270. The second-order valence-electron chi connectivity index (χ2n) is 21.3. The lowest BCUT2D eigenvalue weighted by Crippen LogP contribution is -2.60. The zero-order valence-electron chi connectivity index (χ0n) is 44.4. The number of ether oxygens (including phenoxy) is 6. The van der Waals surface area contributed by atoms with Crippen LogP contribution in [0.4, 0.5) is 9.18 Å². The fourth-order valence-corrected chi connectivity index (χ4v) is 11.7. The lowest BCUT2D eigenvalue weighted by atomic mass is 9.77. The van der Waals surface area contributed by atoms with E-state index in [4.69, 9.17) is 28.4 Å². The number of hydrogen-bond donors (Lipinski definition) is 6. The molecule has 3 heterocycles. The SMILES string of the molecule is CC[C@H]1OC(=O)[C@@H](C)[C@@H](OC2C[C@](C)(OC)[C@H](O)[C@@H](C)O2)[C@@H](C)[C@@H](O[C@H]2O[C@@H](C)C[C@H](N(C)C)[C@@H]2O)[C@](C)(O)C[C@@H](C)CN(CCCN(CCC#N)C(=O)NS(=O)(=O)c2ccc(F)cc2)[C@H](C)[C@@H](O)[C@]1(C)O. The van der Waals surface area contributed by atoms with Crippen LogP contribution in [0.3, 0.4) is 0 Å². The molecule has 0 spiro atoms. The standard InChI is InChI=1S/C50H84FN5O15S/c1-14-38-50(10,63)42(58)33(6)56(24-16-23-55(22-15-21-52)47(61)53-72(64,65)36-19-17-35(51)18-20-36)28-29(2)26-48(8,62)44(71-46-40(57)37(54(11)12)25-30(3)67-46)31(4)41(32(5)45(60)69-38)70-39-27-49(9,66-13)43(59)34(7)68-39/h17-20,29-34,37-44,46,57-59,62-63H,14-16,22-28H2,1-13H3,(H,53,61)/t29-,30+,31-,32+,33-,34-,37+,38-,39?,40+,41+,42-,43-,44-,46-,48-,49+,50-/m1/s1. The highest BCUT2D eigenvalue weighted by Crippen LogP contribution is 2.40. The van der Waals surface area contributed by atoms with E-state index in [2.05, 4.69) is 0 Å². The Balaban J connectivity index is 1.77. The van der Waals surface area contributed by atoms with Crippen LogP contribution >= 0.6 is 0 Å². The Hall–Kier alpha value is -3.15. The average Bonchev–Trinajstić information content (AvgIpc) is 3.30. The van der Waals surface area contributed by atoms with Crippen LogP contribution < -0.4 is 4.72 Å². The molecule has 6 N–H and O–H groups in total. The number of hydrogen-bond acceptors (Lipinski definition) is 18. The van der Waals surface area contributed by atoms with E-state index >= 15 is 0 Å². The van der Waals surface area contributed by atoms with E-state index < -0.39 is 124 Å². The van der Waals surface area contributed by atoms with Gasteiger partial charge in [-0.2, -0.15) is 5.26 Å². The third-order valence-corrected chi connectivity index (χ3v) is 16.4. The number of nitrogens with one attached hydrogen (secondary N) is 1. The molecule has 1 aromatic carbocycles. The number of carbonyl (C=O) groups is 2. The highest BCUT2D eigenvalue weighted by atomic mass is 32.2. The second kappa shape index (κ2) is 25.6. The van der Waals surface area contributed by atoms with Gasteiger partial charge in [0.15, 0.2) is 12.6 Å². The summed E-state index contributed by atoms with van der Waals surface area (Å²) in [5, 5.41) is 69.6. The summed E-state index contributed by atoms with van der Waals surface area (Å²) in [6, 6.07) is 3.65. The Morgan fingerprint density at radius 3 is 2.21 bits per heavy atom. The number of sulfonamides is 1. The minimum Gasteiger partial charge on any atom is -0.459 e. The van der Waals surface area contributed by atoms with Crippen molar-refractivity contribution in [1.82, 2.24) is 19.4 Å². The predicted octanol–water partition coefficient (Wildman–Crippen LogP) is 3.11. The number of amides is 2. The van der Waals surface area contributed by atoms with Gasteiger partial charge in [0.25, 0.3) is 10.0 Å². The normalized spacial score (nSPS) is 39.0. The number of halogens is 1. The molecule has 1 aromatic rings. The number of methoxy groups -OCH3 is 1. The van der Waals surface area contributed by atoms with Crippen LogP contribution in [0.2, 0.25) is 0 Å². The molecule has 3 aliphatic heterocycles. The first-order chi connectivity index (χ1) is 33.4. The molecule has 3 fully saturated rings. The average molecular weight is 1050 g/mol. The maximum Gasteiger partial charge on any atom is 0.331 e. The second-order valence-corrected chi connectivity index (χ2v) is 23.0. The first-order valence-corrected chi connectivity index (χ1v) is 26.6. The zero-order chi connectivity index (χ0) is 54.3. The lowest BCUT2D eigenvalue weighted by molar-refractivity contribution is -0.318. The molecule has 22 heteroatoms. The van der Waals surface area contributed by atoms with Gasteiger partial charge in [0.05, 0.1) is 58.9 Å². The Bertz CT molecular complexity index is 2070. The molecule has 1 unspecified atom stereocenters. The van der Waals surface area contributed by atoms with Crippen molar-refractivity contribution in [1.29, 1.82) is 5.26 Å². The van der Waals surface area contributed by atoms with Gasteiger partial charge in [0.1, 0.15) is 35.8 Å². The Kier molecular flexibility index (Phi) is 21.8. The van der Waals surface area contributed by atoms with E-state index in [9.17, 15) is 53.2 Å². The van der Waals surface area contributed by atoms with Gasteiger partial charge in [-0.3, -0.25) is 9.69 Å². The molecule has 412 valence electrons. The highest BCUT2D eigenvalue weighted by molar-refractivity contribution is 7.90. The highest BCUT2D eigenvalue weighted by Gasteiger charge is 2.53. The van der Waals surface area contributed by atoms with Gasteiger partial charge in [0, 0.05) is 57.7 Å². The topological polar surface area (TPSA) is 270 Å². The zero-order valence-corrected chi connectivity index (χ0v) is 45.3. The minimum atomic E-state index is -4.42. The molecule has 0 aliphatic carbocycles. The van der Waals surface area contributed by atoms with E-state index in [0.29, 0.717) is 6.42 Å². The van der Waals surface area contributed by atoms with E-state index in [-0.39, 0.29) is 75.3 Å². The van der Waals surface area contributed by atoms with E-state index in [0.717, 1.165) is 24.3 Å². The van der Waals surface area contributed by atoms with Crippen molar-refractivity contribution < 1.29 is 76.4 Å². The van der Waals surface area contributed by atoms with Crippen LogP contribution in [0.15, 0.2) is 29.2 Å². The van der Waals surface area contributed by atoms with Crippen molar-refractivity contribution in [2.45, 2.75) is 203 Å². The number of aliphatic hydroxyl groups excluding tert-OH is 3. The van der Waals surface area contributed by atoms with Crippen LogP contribution in [0.25, 0.3) is 0 Å². The molecule has 0 saturated carbocycles. The maximum absolute atomic E-state index is 14.6. The van der Waals surface area contributed by atoms with Gasteiger partial charge in [-0.1, -0.05) is 20.8 Å². The monoisotopic (exact) mass is 1050 g/mol. The first-order valence-electron chi connectivity index (χ1n) is 25.2. The first kappa shape index (κ1) is 61.4. The van der Waals surface area contributed by atoms with Crippen LogP contribution in [-0.4, -0.2) is 198 Å². The summed E-state index contributed by atoms with van der Waals surface area (Å²) in [6.45, 7) is 17.0. The summed E-state index contributed by atoms with van der Waals surface area (Å²) in [7, 11) is 0.723. The number of likely N-dealkylation sites (N-methyl/N-ethyl adjacent to an activating group) is 1. The molecule has 72 heavy (non-hydrogen) atoms. The van der Waals surface area contributed by atoms with Crippen molar-refractivity contribution in [2.75, 3.05) is 47.4 Å². The molecule has 3 saturated heterocycles. The largest absolute Gasteiger partial charge is 0.459 e. The van der Waals surface area contributed by atoms with Gasteiger partial charge >= 0.3 is 12.0 Å². The fourth-order valence-electron chi connectivity index (χ4n) is 10.7. The predicted molar refractivity (Wildman–Crippen MR) is 262 cm³/mol. The van der Waals surface area contributed by atoms with Gasteiger partial charge in [-0.05, 0) is 118 Å². The summed E-state index contributed by atoms with van der Waals surface area (Å²) in [6.07, 6.45) is -10.1. The molecule has 20 nitrogen and oxygen atoms in total. The number of aliphatic hydroxyl groups is 5. The van der Waals surface area contributed by atoms with Crippen LogP contribution in [-0.2, 0) is 43.2 Å². The van der Waals surface area contributed by atoms with E-state index in [1.54, 1.807) is 48.5 Å². The van der Waals surface area contributed by atoms with Gasteiger partial charge in [-0.15, -0.1) is 0 Å². The Morgan fingerprint density at radius 1 is 0.986 bits per heavy atom. The van der Waals surface area contributed by atoms with Crippen molar-refractivity contribution in [3.05, 3.63) is 30.1 Å². The smallest absolute Gasteiger partial charge is 0.331 e. The van der Waals surface area contributed by atoms with Gasteiger partial charge < -0.3 is 63.8 Å². The summed E-state index contributed by atoms with van der Waals surface area (Å²) in [5.74, 6) is -3.93. The number of carbonyl (C=O) groups excluding carboxylic acids is 2. The molecule has 0 radical (unpaired) electrons. The van der Waals surface area contributed by atoms with Crippen molar-refractivity contribution in [3.63, 3.8) is 0 Å². The molecule has 2 amide bonds. The Morgan fingerprint density at radius 2 is 1.62 bits per heavy atom. The molecule has 3 aliphatic rings. The third-order valence-electron chi connectivity index (χ3n) is 15.0. The molecule has 18 atom stereocenters. The summed E-state index contributed by atoms with van der Waals surface area (Å²) in [5.41, 5.74) is -4.93. The summed E-state index contributed by atoms with van der Waals surface area (Å²) >= 11 is 0. The summed E-state index contributed by atoms with van der Waals surface area (Å²) in [4.78, 5) is 32.7. The number of rotatable bonds is 15. The molecular weight excluding hydrogens is 962 g/mol. The quantitative estimate of drug-likeness (QED) is 0.138. The van der Waals surface area contributed by atoms with Crippen LogP contribution in [0.1, 0.15) is 108 Å². The lowest BCUT2D eigenvalue weighted by Gasteiger charge is -2.48. The third kappa shape index (κ3) is 15.0. The van der Waals surface area contributed by atoms with Crippen molar-refractivity contribution >= 4 is 22.0 Å². The van der Waals surface area contributed by atoms with Gasteiger partial charge in [-0.25, -0.2) is 22.3 Å². The van der Waals surface area contributed by atoms with E-state index in [1.165, 1.54) is 18.9 Å². The van der Waals surface area contributed by atoms with Crippen molar-refractivity contribution in [3.8, 4) is 6.07 Å². The van der Waals surface area contributed by atoms with E-state index in [1.807, 2.05) is 48.5 Å². The summed E-state index contributed by atoms with van der Waals surface area (Å²) < 4.78 is 79.7. The number of urea groups is 1. The van der Waals surface area contributed by atoms with Crippen molar-refractivity contribution in [2.24, 2.45) is 17.8 Å². The molecular formula is C50H84FN5O15S. The Labute approximate surface area is 426 Å². The fraction of sp³-hybridized carbons (Fsp3) is 0.820. The number of benzene rings is 1. The number of esters is 1. The number of cyclic esters (lactones) is 1. The maximum atomic E-state index is 14.6. The molecule has 0 aromatic heterocycles. The van der Waals surface area contributed by atoms with Crippen LogP contribution in [0, 0.1) is 34.9 Å². The molecule has 4 rings (SSSR count). The van der Waals surface area contributed by atoms with Gasteiger partial charge in [0.2, 0.25) is 0 Å². The molecule has 0 bridgehead atoms. The van der Waals surface area contributed by atoms with Crippen LogP contribution in [0.5, 0.6) is 0 Å². The number of nitriles is 1. The number of nitrogens with zero attached hydrogens (tertiary/aromatic N) is 4.